The third-order valence-electron chi connectivity index (χ3n) is 18.3. The number of carbonyl (C=O) groups excluding carboxylic acids is 2. The summed E-state index contributed by atoms with van der Waals surface area (Å²) in [5, 5.41) is 19.6. The van der Waals surface area contributed by atoms with Gasteiger partial charge in [-0.15, -0.1) is 0 Å². The van der Waals surface area contributed by atoms with Crippen molar-refractivity contribution in [2.45, 2.75) is 411 Å². The van der Waals surface area contributed by atoms with E-state index < -0.39 is 36.0 Å². The first-order valence-electron chi connectivity index (χ1n) is 39.6. The maximum atomic E-state index is 12.3. The van der Waals surface area contributed by atoms with E-state index in [-0.39, 0.29) is 24.8 Å². The number of Topliss-reactive ketones (excluding diaryl/α,β-unsaturated/α-hetero) is 2. The van der Waals surface area contributed by atoms with Crippen molar-refractivity contribution in [2.24, 2.45) is 0 Å². The Morgan fingerprint density at radius 3 is 0.674 bits per heavy atom. The van der Waals surface area contributed by atoms with E-state index in [9.17, 15) is 19.8 Å². The molecule has 8 nitrogen and oxygen atoms in total. The van der Waals surface area contributed by atoms with E-state index in [1.165, 1.54) is 258 Å². The first kappa shape index (κ1) is 94.2. The molecule has 95 heavy (non-hydrogen) atoms. The zero-order valence-corrected chi connectivity index (χ0v) is 68.7. The van der Waals surface area contributed by atoms with Gasteiger partial charge in [0.1, 0.15) is 12.2 Å². The number of unbranched alkanes of at least 4 members (excludes halogenated alkanes) is 36. The second-order valence-corrected chi connectivity index (χ2v) is 43.4. The molecule has 0 bridgehead atoms. The van der Waals surface area contributed by atoms with Crippen LogP contribution in [0.3, 0.4) is 0 Å². The van der Waals surface area contributed by atoms with Crippen LogP contribution in [0.4, 0.5) is 0 Å². The van der Waals surface area contributed by atoms with E-state index in [1.807, 2.05) is 0 Å². The van der Waals surface area contributed by atoms with Gasteiger partial charge in [-0.3, -0.25) is 9.59 Å². The van der Waals surface area contributed by atoms with Crippen LogP contribution >= 0.6 is 37.2 Å². The predicted octanol–water partition coefficient (Wildman–Crippen LogP) is 23.7. The maximum absolute atomic E-state index is 12.3. The predicted molar refractivity (Wildman–Crippen MR) is 424 cm³/mol. The molecule has 2 fully saturated rings. The first-order chi connectivity index (χ1) is 46.6. The van der Waals surface area contributed by atoms with Crippen LogP contribution in [-0.2, 0) is 28.5 Å². The summed E-state index contributed by atoms with van der Waals surface area (Å²) in [5.41, 5.74) is 0. The van der Waals surface area contributed by atoms with E-state index in [2.05, 4.69) is 162 Å². The molecule has 0 spiro atoms. The summed E-state index contributed by atoms with van der Waals surface area (Å²) in [6, 6.07) is 0. The van der Waals surface area contributed by atoms with Crippen molar-refractivity contribution < 1.29 is 52.0 Å². The zero-order chi connectivity index (χ0) is 69.5. The standard InChI is InChI=1S/C43H74O4.C41H74O4.I3/c1-5-7-9-11-13-15-17-19-21-23-25-27-29-31-33-35-37-43(46-41(39(3)44)42(47-43)40(4)45)38-36-34-32-30-28-26-24-22-20-18-16-14-12-10-8-6-2;1-3-5-7-9-11-13-15-17-19-21-23-25-27-29-31-33-35-41(44-39(37-42)40(38-43)45-41)36-34-32-30-28-26-24-22-20-18-16-14-12-10-8-6-4-2;1-3-2/h13-16,19-22,41-42H,5-12,17-18,23-38H2,1-4H3;11-14,17-20,39-40,42-43H,3-10,15-16,21-38H2,1-2H3;/q;;-1/b15-13-,16-14-,21-19-,22-20-;13-11-,14-12-,19-17-,20-18-;. The molecule has 4 unspecified atom stereocenters. The fraction of sp³-hybridized carbons (Fsp3) is 0.786. The fourth-order valence-electron chi connectivity index (χ4n) is 12.5. The van der Waals surface area contributed by atoms with Crippen molar-refractivity contribution in [3.8, 4) is 0 Å². The van der Waals surface area contributed by atoms with Gasteiger partial charge >= 0.3 is 50.5 Å². The summed E-state index contributed by atoms with van der Waals surface area (Å²) in [5.74, 6) is -1.65. The molecule has 0 aliphatic carbocycles. The Morgan fingerprint density at radius 2 is 0.484 bits per heavy atom. The zero-order valence-electron chi connectivity index (χ0n) is 62.2. The molecule has 4 atom stereocenters. The van der Waals surface area contributed by atoms with Gasteiger partial charge in [0.15, 0.2) is 35.3 Å². The van der Waals surface area contributed by atoms with Crippen LogP contribution in [0.2, 0.25) is 0 Å². The van der Waals surface area contributed by atoms with E-state index in [0.29, 0.717) is 13.3 Å². The average Bonchev–Trinajstić information content (AvgIpc) is 1.66. The molecule has 2 saturated heterocycles. The number of aliphatic hydroxyl groups excluding tert-OH is 2. The number of allylic oxidation sites excluding steroid dienone is 16. The molecule has 0 saturated carbocycles. The summed E-state index contributed by atoms with van der Waals surface area (Å²) in [6.07, 6.45) is 96.5. The third kappa shape index (κ3) is 58.4. The monoisotopic (exact) mass is 1670 g/mol. The number of ether oxygens (including phenoxy) is 4. The van der Waals surface area contributed by atoms with Crippen molar-refractivity contribution in [1.82, 2.24) is 0 Å². The van der Waals surface area contributed by atoms with Gasteiger partial charge in [0.25, 0.3) is 0 Å². The molecule has 11 heteroatoms. The quantitative estimate of drug-likeness (QED) is 0.0352. The van der Waals surface area contributed by atoms with Gasteiger partial charge < -0.3 is 29.2 Å². The van der Waals surface area contributed by atoms with Gasteiger partial charge in [-0.05, 0) is 168 Å². The van der Waals surface area contributed by atoms with Gasteiger partial charge in [-0.25, -0.2) is 0 Å². The summed E-state index contributed by atoms with van der Waals surface area (Å²) in [7, 11) is 0. The summed E-state index contributed by atoms with van der Waals surface area (Å²) in [6.45, 7) is 11.8. The Morgan fingerprint density at radius 1 is 0.305 bits per heavy atom. The van der Waals surface area contributed by atoms with Gasteiger partial charge in [0, 0.05) is 25.7 Å². The molecular weight excluding hydrogens is 1520 g/mol. The third-order valence-corrected chi connectivity index (χ3v) is 18.3. The molecule has 0 radical (unpaired) electrons. The number of hydrogen-bond donors (Lipinski definition) is 2. The SMILES string of the molecule is CCCCC/C=C\C/C=C\CCCCCCCCC1(CCCCCCCC/C=C\C/C=C\CCCCC)OC(C(C)=O)C(C(C)=O)O1.CCCCC/C=C\C/C=C\CCCCCCCCC1(CCCCCCCC/C=C\C/C=C\CCCCC)OC(CO)C(CO)O1.I[I-]I. The minimum atomic E-state index is -0.794. The van der Waals surface area contributed by atoms with E-state index in [4.69, 9.17) is 18.9 Å². The molecule has 2 aliphatic rings. The number of aliphatic hydroxyl groups is 2. The molecule has 0 aromatic heterocycles. The van der Waals surface area contributed by atoms with Gasteiger partial charge in [0.2, 0.25) is 0 Å². The number of hydrogen-bond acceptors (Lipinski definition) is 8. The number of rotatable bonds is 64. The van der Waals surface area contributed by atoms with Crippen LogP contribution in [0.5, 0.6) is 0 Å². The molecule has 0 aromatic carbocycles. The van der Waals surface area contributed by atoms with Crippen LogP contribution in [0.15, 0.2) is 97.2 Å². The molecule has 0 aromatic rings. The van der Waals surface area contributed by atoms with Crippen LogP contribution in [0, 0.1) is 0 Å². The second-order valence-electron chi connectivity index (χ2n) is 27.2. The summed E-state index contributed by atoms with van der Waals surface area (Å²) >= 11 is 5.30. The fourth-order valence-corrected chi connectivity index (χ4v) is 12.5. The molecule has 2 heterocycles. The summed E-state index contributed by atoms with van der Waals surface area (Å²) < 4.78 is 25.2. The average molecular weight is 1670 g/mol. The van der Waals surface area contributed by atoms with Crippen molar-refractivity contribution in [1.29, 1.82) is 0 Å². The Bertz CT molecular complexity index is 1790. The molecule has 0 amide bonds. The second kappa shape index (κ2) is 73.0. The Labute approximate surface area is 617 Å². The first-order valence-corrected chi connectivity index (χ1v) is 52.2. The Kier molecular flexibility index (Phi) is 72.4. The van der Waals surface area contributed by atoms with Crippen LogP contribution < -0.4 is 13.3 Å². The Hall–Kier alpha value is -0.790. The van der Waals surface area contributed by atoms with Gasteiger partial charge in [0.05, 0.1) is 13.2 Å². The molecule has 2 N–H and O–H groups in total. The van der Waals surface area contributed by atoms with Crippen LogP contribution in [0.25, 0.3) is 0 Å². The Balaban J connectivity index is 0.00000179. The molecule has 2 rings (SSSR count). The van der Waals surface area contributed by atoms with Crippen molar-refractivity contribution in [2.75, 3.05) is 13.2 Å². The number of ketones is 2. The van der Waals surface area contributed by atoms with Crippen LogP contribution in [-0.4, -0.2) is 71.0 Å². The van der Waals surface area contributed by atoms with E-state index in [1.54, 1.807) is 0 Å². The number of carbonyl (C=O) groups is 2. The molecule has 2 aliphatic heterocycles. The topological polar surface area (TPSA) is 112 Å². The van der Waals surface area contributed by atoms with Crippen molar-refractivity contribution >= 4 is 48.8 Å². The number of halogens is 3. The van der Waals surface area contributed by atoms with Crippen LogP contribution in [0.1, 0.15) is 375 Å². The van der Waals surface area contributed by atoms with Gasteiger partial charge in [-0.2, -0.15) is 0 Å². The van der Waals surface area contributed by atoms with Crippen molar-refractivity contribution in [3.63, 3.8) is 0 Å². The van der Waals surface area contributed by atoms with Crippen molar-refractivity contribution in [3.05, 3.63) is 97.2 Å². The minimum absolute atomic E-state index is 0.0969. The summed E-state index contributed by atoms with van der Waals surface area (Å²) in [4.78, 5) is 24.6. The van der Waals surface area contributed by atoms with E-state index >= 15 is 0 Å². The van der Waals surface area contributed by atoms with E-state index in [0.717, 1.165) is 89.9 Å². The molecular formula is C84H148I3O8-. The van der Waals surface area contributed by atoms with Gasteiger partial charge in [-0.1, -0.05) is 279 Å². The molecule has 554 valence electrons. The normalized spacial score (nSPS) is 18.0.